The average molecular weight is 368 g/mol. The molecule has 1 heterocycles. The molecule has 1 saturated heterocycles. The van der Waals surface area contributed by atoms with Gasteiger partial charge in [0.15, 0.2) is 0 Å². The predicted octanol–water partition coefficient (Wildman–Crippen LogP) is 3.35. The summed E-state index contributed by atoms with van der Waals surface area (Å²) >= 11 is 0. The van der Waals surface area contributed by atoms with E-state index in [1.54, 1.807) is 12.1 Å². The maximum atomic E-state index is 13.0. The number of para-hydroxylation sites is 1. The van der Waals surface area contributed by atoms with E-state index in [4.69, 9.17) is 0 Å². The first-order chi connectivity index (χ1) is 13.2. The Morgan fingerprint density at radius 2 is 1.81 bits per heavy atom. The molecule has 2 aromatic carbocycles. The Morgan fingerprint density at radius 1 is 1.11 bits per heavy atom. The third kappa shape index (κ3) is 6.22. The Labute approximate surface area is 160 Å². The molecule has 2 amide bonds. The molecule has 0 aromatic heterocycles. The molecule has 1 aliphatic rings. The maximum Gasteiger partial charge on any atom is 0.322 e. The summed E-state index contributed by atoms with van der Waals surface area (Å²) in [6.07, 6.45) is 6.16. The van der Waals surface area contributed by atoms with Crippen LogP contribution in [0, 0.1) is 11.7 Å². The van der Waals surface area contributed by atoms with E-state index in [9.17, 15) is 9.18 Å². The second-order valence-electron chi connectivity index (χ2n) is 6.96. The fourth-order valence-corrected chi connectivity index (χ4v) is 3.34. The number of hydrogen-bond acceptors (Lipinski definition) is 1. The van der Waals surface area contributed by atoms with E-state index >= 15 is 0 Å². The Bertz CT molecular complexity index is 740. The molecule has 27 heavy (non-hydrogen) atoms. The van der Waals surface area contributed by atoms with Crippen LogP contribution in [0.5, 0.6) is 0 Å². The van der Waals surface area contributed by atoms with Crippen molar-refractivity contribution in [3.05, 3.63) is 72.1 Å². The molecule has 142 valence electrons. The number of amides is 2. The number of benzene rings is 2. The summed E-state index contributed by atoms with van der Waals surface area (Å²) in [6, 6.07) is 15.8. The molecule has 1 aliphatic heterocycles. The fourth-order valence-electron chi connectivity index (χ4n) is 3.34. The van der Waals surface area contributed by atoms with Crippen LogP contribution in [0.3, 0.4) is 0 Å². The van der Waals surface area contributed by atoms with Crippen LogP contribution in [0.4, 0.5) is 14.9 Å². The number of anilines is 1. The molecule has 0 bridgehead atoms. The smallest absolute Gasteiger partial charge is 0.322 e. The highest BCUT2D eigenvalue weighted by atomic mass is 19.1. The highest BCUT2D eigenvalue weighted by Gasteiger charge is 2.21. The minimum absolute atomic E-state index is 0.0838. The Hall–Kier alpha value is -2.66. The van der Waals surface area contributed by atoms with Crippen molar-refractivity contribution in [1.82, 2.24) is 4.90 Å². The quantitative estimate of drug-likeness (QED) is 0.807. The Kier molecular flexibility index (Phi) is 6.99. The van der Waals surface area contributed by atoms with Gasteiger partial charge in [-0.05, 0) is 35.7 Å². The van der Waals surface area contributed by atoms with Gasteiger partial charge in [0.25, 0.3) is 0 Å². The normalized spacial score (nSPS) is 15.0. The minimum atomic E-state index is -0.245. The first kappa shape index (κ1) is 19.1. The maximum absolute atomic E-state index is 13.0. The van der Waals surface area contributed by atoms with Crippen molar-refractivity contribution in [3.8, 4) is 0 Å². The highest BCUT2D eigenvalue weighted by Crippen LogP contribution is 2.14. The Morgan fingerprint density at radius 3 is 2.52 bits per heavy atom. The molecule has 1 fully saturated rings. The summed E-state index contributed by atoms with van der Waals surface area (Å²) in [5.74, 6) is 0.292. The van der Waals surface area contributed by atoms with Crippen LogP contribution in [0.25, 0.3) is 6.08 Å². The molecule has 3 N–H and O–H groups in total. The van der Waals surface area contributed by atoms with Crippen molar-refractivity contribution < 1.29 is 14.5 Å². The summed E-state index contributed by atoms with van der Waals surface area (Å²) < 4.78 is 13.0. The van der Waals surface area contributed by atoms with Gasteiger partial charge >= 0.3 is 6.03 Å². The first-order valence-corrected chi connectivity index (χ1v) is 9.55. The van der Waals surface area contributed by atoms with Crippen LogP contribution in [0.2, 0.25) is 0 Å². The fraction of sp³-hybridized carbons (Fsp3) is 0.318. The molecule has 2 aromatic rings. The van der Waals surface area contributed by atoms with Crippen LogP contribution in [0.1, 0.15) is 18.4 Å². The number of rotatable bonds is 6. The summed E-state index contributed by atoms with van der Waals surface area (Å²) in [6.45, 7) is 3.53. The molecule has 0 atom stereocenters. The average Bonchev–Trinajstić information content (AvgIpc) is 2.70. The second kappa shape index (κ2) is 9.88. The number of nitrogens with zero attached hydrogens (tertiary/aromatic N) is 1. The molecular formula is C22H27FN3O+. The van der Waals surface area contributed by atoms with Gasteiger partial charge in [0.05, 0.1) is 13.1 Å². The molecule has 3 rings (SSSR count). The van der Waals surface area contributed by atoms with Crippen LogP contribution >= 0.6 is 0 Å². The first-order valence-electron chi connectivity index (χ1n) is 9.55. The van der Waals surface area contributed by atoms with E-state index < -0.39 is 0 Å². The van der Waals surface area contributed by atoms with Crippen LogP contribution < -0.4 is 10.6 Å². The molecule has 0 aliphatic carbocycles. The topological polar surface area (TPSA) is 49.0 Å². The molecular weight excluding hydrogens is 341 g/mol. The standard InChI is InChI=1S/C22H26FN3O/c23-20-10-8-18(9-11-20)5-4-16-26(17-19-12-14-24-15-13-19)22(27)25-21-6-2-1-3-7-21/h1-11,19,24H,12-17H2,(H,25,27)/p+1/b5-4+. The second-order valence-corrected chi connectivity index (χ2v) is 6.96. The Balaban J connectivity index is 1.64. The summed E-state index contributed by atoms with van der Waals surface area (Å²) in [4.78, 5) is 14.7. The van der Waals surface area contributed by atoms with Gasteiger partial charge in [0.1, 0.15) is 5.82 Å². The van der Waals surface area contributed by atoms with Crippen LogP contribution in [-0.4, -0.2) is 37.1 Å². The van der Waals surface area contributed by atoms with E-state index in [2.05, 4.69) is 10.6 Å². The van der Waals surface area contributed by atoms with E-state index in [0.717, 1.165) is 43.7 Å². The third-order valence-electron chi connectivity index (χ3n) is 4.86. The van der Waals surface area contributed by atoms with E-state index in [1.807, 2.05) is 47.4 Å². The number of piperidine rings is 1. The van der Waals surface area contributed by atoms with E-state index in [0.29, 0.717) is 12.5 Å². The van der Waals surface area contributed by atoms with Gasteiger partial charge in [-0.2, -0.15) is 0 Å². The summed E-state index contributed by atoms with van der Waals surface area (Å²) in [5, 5.41) is 5.32. The molecule has 0 saturated carbocycles. The molecule has 0 unspecified atom stereocenters. The lowest BCUT2D eigenvalue weighted by Gasteiger charge is -2.28. The molecule has 5 heteroatoms. The number of nitrogens with one attached hydrogen (secondary N) is 1. The third-order valence-corrected chi connectivity index (χ3v) is 4.86. The lowest BCUT2D eigenvalue weighted by atomic mass is 9.97. The monoisotopic (exact) mass is 368 g/mol. The van der Waals surface area contributed by atoms with E-state index in [1.165, 1.54) is 12.1 Å². The number of nitrogens with two attached hydrogens (primary N) is 1. The summed E-state index contributed by atoms with van der Waals surface area (Å²) in [7, 11) is 0. The van der Waals surface area contributed by atoms with Crippen molar-refractivity contribution in [1.29, 1.82) is 0 Å². The molecule has 0 spiro atoms. The number of hydrogen-bond donors (Lipinski definition) is 2. The molecule has 4 nitrogen and oxygen atoms in total. The minimum Gasteiger partial charge on any atom is -0.346 e. The zero-order chi connectivity index (χ0) is 18.9. The SMILES string of the molecule is O=C(Nc1ccccc1)N(C/C=C/c1ccc(F)cc1)CC1CC[NH2+]CC1. The number of urea groups is 1. The van der Waals surface area contributed by atoms with Crippen molar-refractivity contribution in [2.75, 3.05) is 31.5 Å². The van der Waals surface area contributed by atoms with Crippen molar-refractivity contribution in [3.63, 3.8) is 0 Å². The van der Waals surface area contributed by atoms with Crippen molar-refractivity contribution in [2.45, 2.75) is 12.8 Å². The van der Waals surface area contributed by atoms with Crippen molar-refractivity contribution in [2.24, 2.45) is 5.92 Å². The largest absolute Gasteiger partial charge is 0.346 e. The van der Waals surface area contributed by atoms with Gasteiger partial charge in [0.2, 0.25) is 0 Å². The van der Waals surface area contributed by atoms with Gasteiger partial charge < -0.3 is 15.5 Å². The van der Waals surface area contributed by atoms with Gasteiger partial charge in [-0.1, -0.05) is 42.5 Å². The van der Waals surface area contributed by atoms with Gasteiger partial charge in [-0.15, -0.1) is 0 Å². The summed E-state index contributed by atoms with van der Waals surface area (Å²) in [5.41, 5.74) is 1.72. The lowest BCUT2D eigenvalue weighted by molar-refractivity contribution is -0.664. The highest BCUT2D eigenvalue weighted by molar-refractivity contribution is 5.89. The zero-order valence-electron chi connectivity index (χ0n) is 15.5. The number of quaternary nitrogens is 1. The number of carbonyl (C=O) groups excluding carboxylic acids is 1. The zero-order valence-corrected chi connectivity index (χ0v) is 15.5. The number of carbonyl (C=O) groups is 1. The van der Waals surface area contributed by atoms with Crippen molar-refractivity contribution >= 4 is 17.8 Å². The predicted molar refractivity (Wildman–Crippen MR) is 107 cm³/mol. The van der Waals surface area contributed by atoms with Gasteiger partial charge in [-0.25, -0.2) is 9.18 Å². The number of halogens is 1. The molecule has 0 radical (unpaired) electrons. The van der Waals surface area contributed by atoms with E-state index in [-0.39, 0.29) is 11.8 Å². The van der Waals surface area contributed by atoms with Crippen LogP contribution in [0.15, 0.2) is 60.7 Å². The van der Waals surface area contributed by atoms with Gasteiger partial charge in [-0.3, -0.25) is 0 Å². The lowest BCUT2D eigenvalue weighted by Crippen LogP contribution is -2.86. The van der Waals surface area contributed by atoms with Gasteiger partial charge in [0, 0.05) is 31.6 Å². The van der Waals surface area contributed by atoms with Crippen LogP contribution in [-0.2, 0) is 0 Å².